The molecule has 0 aliphatic rings. The molecular weight excluding hydrogens is 332 g/mol. The Labute approximate surface area is 150 Å². The second kappa shape index (κ2) is 7.52. The molecular formula is C19H18N4O3. The van der Waals surface area contributed by atoms with E-state index < -0.39 is 0 Å². The Bertz CT molecular complexity index is 935. The Kier molecular flexibility index (Phi) is 4.98. The van der Waals surface area contributed by atoms with Crippen LogP contribution in [0.25, 0.3) is 5.69 Å². The molecule has 3 aromatic rings. The van der Waals surface area contributed by atoms with Gasteiger partial charge in [0.1, 0.15) is 5.75 Å². The minimum Gasteiger partial charge on any atom is -0.495 e. The molecule has 2 amide bonds. The number of anilines is 2. The molecule has 2 N–H and O–H groups in total. The largest absolute Gasteiger partial charge is 0.495 e. The Hall–Kier alpha value is -3.61. The maximum Gasteiger partial charge on any atom is 0.258 e. The number of amides is 2. The summed E-state index contributed by atoms with van der Waals surface area (Å²) in [5.41, 5.74) is 2.28. The van der Waals surface area contributed by atoms with Gasteiger partial charge >= 0.3 is 0 Å². The van der Waals surface area contributed by atoms with E-state index in [2.05, 4.69) is 15.7 Å². The Balaban J connectivity index is 1.81. The second-order valence-corrected chi connectivity index (χ2v) is 5.56. The molecule has 1 heterocycles. The fourth-order valence-electron chi connectivity index (χ4n) is 2.44. The zero-order valence-electron chi connectivity index (χ0n) is 14.4. The lowest BCUT2D eigenvalue weighted by molar-refractivity contribution is -0.114. The van der Waals surface area contributed by atoms with Gasteiger partial charge in [-0.25, -0.2) is 4.68 Å². The van der Waals surface area contributed by atoms with Crippen LogP contribution in [0.1, 0.15) is 17.3 Å². The lowest BCUT2D eigenvalue weighted by Crippen LogP contribution is -2.13. The Morgan fingerprint density at radius 2 is 1.85 bits per heavy atom. The lowest BCUT2D eigenvalue weighted by atomic mass is 10.2. The van der Waals surface area contributed by atoms with Crippen LogP contribution in [0, 0.1) is 0 Å². The summed E-state index contributed by atoms with van der Waals surface area (Å²) >= 11 is 0. The van der Waals surface area contributed by atoms with E-state index in [0.717, 1.165) is 5.69 Å². The highest BCUT2D eigenvalue weighted by Gasteiger charge is 2.13. The number of para-hydroxylation sites is 1. The zero-order chi connectivity index (χ0) is 18.5. The molecule has 0 unspecified atom stereocenters. The first kappa shape index (κ1) is 17.2. The Morgan fingerprint density at radius 3 is 2.54 bits per heavy atom. The minimum absolute atomic E-state index is 0.198. The van der Waals surface area contributed by atoms with Crippen LogP contribution < -0.4 is 15.4 Å². The van der Waals surface area contributed by atoms with Gasteiger partial charge in [-0.2, -0.15) is 5.10 Å². The third-order valence-electron chi connectivity index (χ3n) is 3.63. The molecule has 7 nitrogen and oxygen atoms in total. The molecule has 0 aliphatic carbocycles. The number of aromatic nitrogens is 2. The molecule has 132 valence electrons. The van der Waals surface area contributed by atoms with Crippen molar-refractivity contribution < 1.29 is 14.3 Å². The van der Waals surface area contributed by atoms with E-state index in [1.54, 1.807) is 29.1 Å². The number of nitrogens with one attached hydrogen (secondary N) is 2. The van der Waals surface area contributed by atoms with Gasteiger partial charge in [-0.1, -0.05) is 18.2 Å². The summed E-state index contributed by atoms with van der Waals surface area (Å²) in [5.74, 6) is -0.0371. The number of carbonyl (C=O) groups is 2. The lowest BCUT2D eigenvalue weighted by Gasteiger charge is -2.11. The van der Waals surface area contributed by atoms with E-state index in [4.69, 9.17) is 4.74 Å². The summed E-state index contributed by atoms with van der Waals surface area (Å²) in [6.45, 7) is 1.42. The highest BCUT2D eigenvalue weighted by atomic mass is 16.5. The molecule has 0 spiro atoms. The number of benzene rings is 2. The maximum atomic E-state index is 12.6. The van der Waals surface area contributed by atoms with Crippen LogP contribution >= 0.6 is 0 Å². The van der Waals surface area contributed by atoms with Crippen LogP contribution in [0.15, 0.2) is 60.9 Å². The smallest absolute Gasteiger partial charge is 0.258 e. The summed E-state index contributed by atoms with van der Waals surface area (Å²) in [5, 5.41) is 9.68. The molecule has 0 aliphatic heterocycles. The van der Waals surface area contributed by atoms with Gasteiger partial charge in [-0.15, -0.1) is 0 Å². The SMILES string of the molecule is COc1ccc(NC(C)=O)cc1NC(=O)c1cnn(-c2ccccc2)c1. The number of hydrogen-bond donors (Lipinski definition) is 2. The van der Waals surface area contributed by atoms with E-state index in [-0.39, 0.29) is 11.8 Å². The number of hydrogen-bond acceptors (Lipinski definition) is 4. The third kappa shape index (κ3) is 3.89. The number of carbonyl (C=O) groups excluding carboxylic acids is 2. The molecule has 7 heteroatoms. The van der Waals surface area contributed by atoms with E-state index in [1.165, 1.54) is 20.2 Å². The molecule has 0 saturated heterocycles. The van der Waals surface area contributed by atoms with Gasteiger partial charge in [0.25, 0.3) is 5.91 Å². The first-order valence-corrected chi connectivity index (χ1v) is 7.94. The molecule has 1 aromatic heterocycles. The van der Waals surface area contributed by atoms with E-state index in [0.29, 0.717) is 22.7 Å². The van der Waals surface area contributed by atoms with Gasteiger partial charge < -0.3 is 15.4 Å². The first-order valence-electron chi connectivity index (χ1n) is 7.94. The number of nitrogens with zero attached hydrogens (tertiary/aromatic N) is 2. The summed E-state index contributed by atoms with van der Waals surface area (Å²) in [6.07, 6.45) is 3.14. The molecule has 3 rings (SSSR count). The van der Waals surface area contributed by atoms with Gasteiger partial charge in [-0.3, -0.25) is 9.59 Å². The van der Waals surface area contributed by atoms with Crippen LogP contribution in [0.4, 0.5) is 11.4 Å². The van der Waals surface area contributed by atoms with Crippen LogP contribution in [0.5, 0.6) is 5.75 Å². The van der Waals surface area contributed by atoms with E-state index >= 15 is 0 Å². The second-order valence-electron chi connectivity index (χ2n) is 5.56. The predicted molar refractivity (Wildman–Crippen MR) is 98.8 cm³/mol. The summed E-state index contributed by atoms with van der Waals surface area (Å²) < 4.78 is 6.89. The van der Waals surface area contributed by atoms with Crippen molar-refractivity contribution in [2.24, 2.45) is 0 Å². The Morgan fingerprint density at radius 1 is 1.08 bits per heavy atom. The van der Waals surface area contributed by atoms with Gasteiger partial charge in [0.05, 0.1) is 30.2 Å². The van der Waals surface area contributed by atoms with Crippen molar-refractivity contribution in [3.8, 4) is 11.4 Å². The fraction of sp³-hybridized carbons (Fsp3) is 0.105. The zero-order valence-corrected chi connectivity index (χ0v) is 14.4. The maximum absolute atomic E-state index is 12.6. The highest BCUT2D eigenvalue weighted by Crippen LogP contribution is 2.28. The van der Waals surface area contributed by atoms with Crippen molar-refractivity contribution in [3.05, 3.63) is 66.5 Å². The molecule has 0 saturated carbocycles. The van der Waals surface area contributed by atoms with Crippen LogP contribution in [-0.2, 0) is 4.79 Å². The van der Waals surface area contributed by atoms with Crippen LogP contribution in [0.3, 0.4) is 0 Å². The van der Waals surface area contributed by atoms with Gasteiger partial charge in [0.2, 0.25) is 5.91 Å². The highest BCUT2D eigenvalue weighted by molar-refractivity contribution is 6.05. The molecule has 0 bridgehead atoms. The normalized spacial score (nSPS) is 10.2. The van der Waals surface area contributed by atoms with E-state index in [9.17, 15) is 9.59 Å². The molecule has 0 radical (unpaired) electrons. The van der Waals surface area contributed by atoms with Crippen molar-refractivity contribution >= 4 is 23.2 Å². The average molecular weight is 350 g/mol. The minimum atomic E-state index is -0.328. The quantitative estimate of drug-likeness (QED) is 0.740. The number of ether oxygens (including phenoxy) is 1. The van der Waals surface area contributed by atoms with Crippen LogP contribution in [-0.4, -0.2) is 28.7 Å². The van der Waals surface area contributed by atoms with Gasteiger partial charge in [0, 0.05) is 18.8 Å². The standard InChI is InChI=1S/C19H18N4O3/c1-13(24)21-15-8-9-18(26-2)17(10-15)22-19(25)14-11-20-23(12-14)16-6-4-3-5-7-16/h3-12H,1-2H3,(H,21,24)(H,22,25). The summed E-state index contributed by atoms with van der Waals surface area (Å²) in [4.78, 5) is 23.8. The van der Waals surface area contributed by atoms with Crippen molar-refractivity contribution in [2.75, 3.05) is 17.7 Å². The fourth-order valence-corrected chi connectivity index (χ4v) is 2.44. The molecule has 26 heavy (non-hydrogen) atoms. The summed E-state index contributed by atoms with van der Waals surface area (Å²) in [6, 6.07) is 14.5. The average Bonchev–Trinajstić information content (AvgIpc) is 3.12. The van der Waals surface area contributed by atoms with Crippen molar-refractivity contribution in [1.29, 1.82) is 0 Å². The number of rotatable bonds is 5. The molecule has 2 aromatic carbocycles. The topological polar surface area (TPSA) is 85.2 Å². The van der Waals surface area contributed by atoms with Gasteiger partial charge in [-0.05, 0) is 30.3 Å². The first-order chi connectivity index (χ1) is 12.6. The molecule has 0 atom stereocenters. The predicted octanol–water partition coefficient (Wildman–Crippen LogP) is 3.09. The van der Waals surface area contributed by atoms with Crippen molar-refractivity contribution in [2.45, 2.75) is 6.92 Å². The third-order valence-corrected chi connectivity index (χ3v) is 3.63. The monoisotopic (exact) mass is 350 g/mol. The van der Waals surface area contributed by atoms with Crippen molar-refractivity contribution in [3.63, 3.8) is 0 Å². The van der Waals surface area contributed by atoms with Gasteiger partial charge in [0.15, 0.2) is 0 Å². The van der Waals surface area contributed by atoms with E-state index in [1.807, 2.05) is 30.3 Å². The molecule has 0 fully saturated rings. The van der Waals surface area contributed by atoms with Crippen molar-refractivity contribution in [1.82, 2.24) is 9.78 Å². The van der Waals surface area contributed by atoms with Crippen LogP contribution in [0.2, 0.25) is 0 Å². The number of methoxy groups -OCH3 is 1. The summed E-state index contributed by atoms with van der Waals surface area (Å²) in [7, 11) is 1.51.